The number of thiazole rings is 1. The summed E-state index contributed by atoms with van der Waals surface area (Å²) in [6, 6.07) is 15.6. The molecule has 0 radical (unpaired) electrons. The van der Waals surface area contributed by atoms with E-state index in [4.69, 9.17) is 9.47 Å². The minimum atomic E-state index is -0.185. The van der Waals surface area contributed by atoms with Gasteiger partial charge in [0.25, 0.3) is 5.56 Å². The molecule has 2 aromatic heterocycles. The van der Waals surface area contributed by atoms with Crippen molar-refractivity contribution in [1.29, 1.82) is 0 Å². The molecule has 0 N–H and O–H groups in total. The Morgan fingerprint density at radius 2 is 1.88 bits per heavy atom. The number of nitrogens with zero attached hydrogens (tertiary/aromatic N) is 3. The van der Waals surface area contributed by atoms with Crippen molar-refractivity contribution in [3.63, 3.8) is 0 Å². The average molecular weight is 448 g/mol. The van der Waals surface area contributed by atoms with Crippen LogP contribution in [0.2, 0.25) is 0 Å². The predicted octanol–water partition coefficient (Wildman–Crippen LogP) is 4.45. The van der Waals surface area contributed by atoms with E-state index in [0.29, 0.717) is 33.4 Å². The second-order valence-electron chi connectivity index (χ2n) is 7.29. The van der Waals surface area contributed by atoms with Crippen LogP contribution in [0.15, 0.2) is 53.3 Å². The highest BCUT2D eigenvalue weighted by Gasteiger charge is 2.10. The standard InChI is InChI=1S/C25H25N3O3S/c1-3-4-8-15-31-20-13-11-19(16-21(20)30-2)17-22-24(29)28-25(32-22)26-23(27-28)14-12-18-9-6-5-7-10-18/h5-7,9-14,16-17H,3-4,8,15H2,1-2H3. The number of benzene rings is 2. The summed E-state index contributed by atoms with van der Waals surface area (Å²) >= 11 is 1.31. The van der Waals surface area contributed by atoms with Crippen LogP contribution in [0.25, 0.3) is 23.2 Å². The second-order valence-corrected chi connectivity index (χ2v) is 8.30. The van der Waals surface area contributed by atoms with Gasteiger partial charge in [0.15, 0.2) is 17.3 Å². The highest BCUT2D eigenvalue weighted by Crippen LogP contribution is 2.28. The molecule has 0 fully saturated rings. The zero-order chi connectivity index (χ0) is 22.3. The largest absolute Gasteiger partial charge is 0.493 e. The molecule has 2 aromatic carbocycles. The number of rotatable bonds is 9. The van der Waals surface area contributed by atoms with Crippen molar-refractivity contribution in [3.8, 4) is 11.5 Å². The van der Waals surface area contributed by atoms with Gasteiger partial charge in [-0.15, -0.1) is 5.10 Å². The first-order valence-electron chi connectivity index (χ1n) is 10.6. The van der Waals surface area contributed by atoms with Gasteiger partial charge in [0.1, 0.15) is 0 Å². The van der Waals surface area contributed by atoms with Gasteiger partial charge in [0.05, 0.1) is 18.2 Å². The molecule has 0 aliphatic heterocycles. The monoisotopic (exact) mass is 447 g/mol. The van der Waals surface area contributed by atoms with Gasteiger partial charge in [-0.1, -0.05) is 73.6 Å². The van der Waals surface area contributed by atoms with Crippen molar-refractivity contribution in [1.82, 2.24) is 14.6 Å². The van der Waals surface area contributed by atoms with Gasteiger partial charge >= 0.3 is 0 Å². The van der Waals surface area contributed by atoms with Gasteiger partial charge in [-0.3, -0.25) is 4.79 Å². The second kappa shape index (κ2) is 10.2. The third-order valence-corrected chi connectivity index (χ3v) is 5.87. The number of ether oxygens (including phenoxy) is 2. The number of unbranched alkanes of at least 4 members (excludes halogenated alkanes) is 2. The van der Waals surface area contributed by atoms with Gasteiger partial charge in [-0.2, -0.15) is 9.50 Å². The molecular weight excluding hydrogens is 422 g/mol. The molecular formula is C25H25N3O3S. The molecule has 6 nitrogen and oxygen atoms in total. The molecule has 0 aliphatic rings. The highest BCUT2D eigenvalue weighted by molar-refractivity contribution is 7.15. The summed E-state index contributed by atoms with van der Waals surface area (Å²) in [5, 5.41) is 4.34. The summed E-state index contributed by atoms with van der Waals surface area (Å²) in [6.45, 7) is 2.82. The van der Waals surface area contributed by atoms with Gasteiger partial charge in [-0.05, 0) is 41.8 Å². The van der Waals surface area contributed by atoms with Crippen LogP contribution in [0, 0.1) is 0 Å². The van der Waals surface area contributed by atoms with E-state index in [2.05, 4.69) is 17.0 Å². The van der Waals surface area contributed by atoms with Crippen LogP contribution in [0.3, 0.4) is 0 Å². The molecule has 32 heavy (non-hydrogen) atoms. The summed E-state index contributed by atoms with van der Waals surface area (Å²) in [4.78, 5) is 17.8. The Bertz CT molecular complexity index is 1330. The Labute approximate surface area is 190 Å². The van der Waals surface area contributed by atoms with Crippen molar-refractivity contribution in [2.75, 3.05) is 13.7 Å². The predicted molar refractivity (Wildman–Crippen MR) is 129 cm³/mol. The molecule has 0 aliphatic carbocycles. The molecule has 0 atom stereocenters. The summed E-state index contributed by atoms with van der Waals surface area (Å²) in [7, 11) is 1.62. The smallest absolute Gasteiger partial charge is 0.291 e. The fourth-order valence-corrected chi connectivity index (χ4v) is 4.15. The Morgan fingerprint density at radius 3 is 2.62 bits per heavy atom. The Kier molecular flexibility index (Phi) is 6.97. The number of methoxy groups -OCH3 is 1. The first-order valence-corrected chi connectivity index (χ1v) is 11.4. The lowest BCUT2D eigenvalue weighted by atomic mass is 10.2. The van der Waals surface area contributed by atoms with E-state index in [9.17, 15) is 4.79 Å². The lowest BCUT2D eigenvalue weighted by Crippen LogP contribution is -2.23. The normalized spacial score (nSPS) is 12.1. The van der Waals surface area contributed by atoms with Crippen molar-refractivity contribution >= 4 is 34.5 Å². The number of hydrogen-bond donors (Lipinski definition) is 0. The van der Waals surface area contributed by atoms with Gasteiger partial charge in [-0.25, -0.2) is 0 Å². The van der Waals surface area contributed by atoms with Crippen LogP contribution in [-0.2, 0) is 0 Å². The van der Waals surface area contributed by atoms with E-state index in [1.165, 1.54) is 15.9 Å². The maximum atomic E-state index is 12.8. The van der Waals surface area contributed by atoms with E-state index in [1.54, 1.807) is 7.11 Å². The topological polar surface area (TPSA) is 65.7 Å². The van der Waals surface area contributed by atoms with Crippen molar-refractivity contribution in [2.45, 2.75) is 26.2 Å². The van der Waals surface area contributed by atoms with E-state index < -0.39 is 0 Å². The maximum absolute atomic E-state index is 12.8. The Hall–Kier alpha value is -3.45. The average Bonchev–Trinajstić information content (AvgIpc) is 3.35. The highest BCUT2D eigenvalue weighted by atomic mass is 32.1. The molecule has 164 valence electrons. The van der Waals surface area contributed by atoms with E-state index in [1.807, 2.05) is 66.8 Å². The van der Waals surface area contributed by atoms with Gasteiger partial charge in [0, 0.05) is 0 Å². The Morgan fingerprint density at radius 1 is 1.03 bits per heavy atom. The summed E-state index contributed by atoms with van der Waals surface area (Å²) in [5.41, 5.74) is 1.72. The van der Waals surface area contributed by atoms with Gasteiger partial charge in [0.2, 0.25) is 4.96 Å². The quantitative estimate of drug-likeness (QED) is 0.355. The minimum absolute atomic E-state index is 0.185. The molecule has 0 bridgehead atoms. The third kappa shape index (κ3) is 5.06. The number of aromatic nitrogens is 3. The van der Waals surface area contributed by atoms with E-state index >= 15 is 0 Å². The summed E-state index contributed by atoms with van der Waals surface area (Å²) < 4.78 is 13.2. The van der Waals surface area contributed by atoms with Crippen LogP contribution in [0.1, 0.15) is 43.1 Å². The number of fused-ring (bicyclic) bond motifs is 1. The van der Waals surface area contributed by atoms with Crippen LogP contribution >= 0.6 is 11.3 Å². The first kappa shape index (κ1) is 21.8. The molecule has 0 spiro atoms. The van der Waals surface area contributed by atoms with E-state index in [0.717, 1.165) is 30.4 Å². The molecule has 2 heterocycles. The van der Waals surface area contributed by atoms with Crippen LogP contribution in [-0.4, -0.2) is 28.3 Å². The fraction of sp³-hybridized carbons (Fsp3) is 0.240. The maximum Gasteiger partial charge on any atom is 0.291 e. The SMILES string of the molecule is CCCCCOc1ccc(C=c2sc3nc(C=Cc4ccccc4)nn3c2=O)cc1OC. The molecule has 0 amide bonds. The zero-order valence-electron chi connectivity index (χ0n) is 18.2. The summed E-state index contributed by atoms with van der Waals surface area (Å²) in [6.07, 6.45) is 8.86. The molecule has 0 saturated heterocycles. The number of hydrogen-bond acceptors (Lipinski definition) is 6. The van der Waals surface area contributed by atoms with Crippen LogP contribution in [0.4, 0.5) is 0 Å². The molecule has 7 heteroatoms. The van der Waals surface area contributed by atoms with Crippen molar-refractivity contribution in [3.05, 3.63) is 80.4 Å². The molecule has 0 saturated carbocycles. The lowest BCUT2D eigenvalue weighted by Gasteiger charge is -2.11. The van der Waals surface area contributed by atoms with E-state index in [-0.39, 0.29) is 5.56 Å². The summed E-state index contributed by atoms with van der Waals surface area (Å²) in [5.74, 6) is 1.87. The fourth-order valence-electron chi connectivity index (χ4n) is 3.23. The molecule has 4 aromatic rings. The van der Waals surface area contributed by atoms with Crippen LogP contribution < -0.4 is 19.6 Å². The lowest BCUT2D eigenvalue weighted by molar-refractivity contribution is 0.286. The first-order chi connectivity index (χ1) is 15.7. The molecule has 4 rings (SSSR count). The van der Waals surface area contributed by atoms with Crippen LogP contribution in [0.5, 0.6) is 11.5 Å². The van der Waals surface area contributed by atoms with Crippen molar-refractivity contribution < 1.29 is 9.47 Å². The van der Waals surface area contributed by atoms with Crippen molar-refractivity contribution in [2.24, 2.45) is 0 Å². The van der Waals surface area contributed by atoms with Gasteiger partial charge < -0.3 is 9.47 Å². The Balaban J connectivity index is 1.56. The zero-order valence-corrected chi connectivity index (χ0v) is 19.0. The third-order valence-electron chi connectivity index (χ3n) is 4.91. The molecule has 0 unspecified atom stereocenters. The minimum Gasteiger partial charge on any atom is -0.493 e.